The van der Waals surface area contributed by atoms with Crippen molar-refractivity contribution in [2.45, 2.75) is 40.0 Å². The average molecular weight is 275 g/mol. The van der Waals surface area contributed by atoms with E-state index in [-0.39, 0.29) is 5.91 Å². The van der Waals surface area contributed by atoms with Crippen molar-refractivity contribution in [2.24, 2.45) is 5.41 Å². The van der Waals surface area contributed by atoms with E-state index in [2.05, 4.69) is 29.0 Å². The van der Waals surface area contributed by atoms with Crippen LogP contribution in [-0.4, -0.2) is 30.5 Å². The molecule has 110 valence electrons. The van der Waals surface area contributed by atoms with Crippen LogP contribution in [0.2, 0.25) is 0 Å². The molecule has 1 amide bonds. The van der Waals surface area contributed by atoms with Gasteiger partial charge in [-0.1, -0.05) is 13.8 Å². The quantitative estimate of drug-likeness (QED) is 0.922. The summed E-state index contributed by atoms with van der Waals surface area (Å²) in [7, 11) is 0. The van der Waals surface area contributed by atoms with Gasteiger partial charge >= 0.3 is 0 Å². The van der Waals surface area contributed by atoms with Gasteiger partial charge in [0, 0.05) is 25.8 Å². The van der Waals surface area contributed by atoms with Crippen molar-refractivity contribution < 1.29 is 4.79 Å². The molecule has 1 aromatic heterocycles. The Labute approximate surface area is 121 Å². The molecule has 2 heterocycles. The van der Waals surface area contributed by atoms with Crippen LogP contribution in [0.4, 0.5) is 5.82 Å². The molecule has 0 unspecified atom stereocenters. The largest absolute Gasteiger partial charge is 0.357 e. The summed E-state index contributed by atoms with van der Waals surface area (Å²) in [6, 6.07) is 3.83. The lowest BCUT2D eigenvalue weighted by molar-refractivity contribution is 0.0955. The second-order valence-corrected chi connectivity index (χ2v) is 6.27. The molecule has 4 heteroatoms. The summed E-state index contributed by atoms with van der Waals surface area (Å²) in [6.45, 7) is 9.32. The SMILES string of the molecule is CCNC(=O)c1ccc(N2CCCC(C)(C)CC2)nc1. The third-order valence-corrected chi connectivity index (χ3v) is 4.01. The van der Waals surface area contributed by atoms with Crippen molar-refractivity contribution in [1.29, 1.82) is 0 Å². The first-order chi connectivity index (χ1) is 9.52. The van der Waals surface area contributed by atoms with E-state index in [1.165, 1.54) is 19.3 Å². The number of hydrogen-bond acceptors (Lipinski definition) is 3. The van der Waals surface area contributed by atoms with Crippen molar-refractivity contribution in [3.63, 3.8) is 0 Å². The Hall–Kier alpha value is -1.58. The number of hydrogen-bond donors (Lipinski definition) is 1. The number of carbonyl (C=O) groups is 1. The first-order valence-electron chi connectivity index (χ1n) is 7.51. The Bertz CT molecular complexity index is 453. The van der Waals surface area contributed by atoms with Gasteiger partial charge in [-0.3, -0.25) is 4.79 Å². The summed E-state index contributed by atoms with van der Waals surface area (Å²) in [5, 5.41) is 2.79. The average Bonchev–Trinajstić information content (AvgIpc) is 2.60. The second-order valence-electron chi connectivity index (χ2n) is 6.27. The van der Waals surface area contributed by atoms with Crippen molar-refractivity contribution >= 4 is 11.7 Å². The van der Waals surface area contributed by atoms with Gasteiger partial charge in [0.05, 0.1) is 5.56 Å². The highest BCUT2D eigenvalue weighted by Gasteiger charge is 2.23. The maximum absolute atomic E-state index is 11.7. The van der Waals surface area contributed by atoms with Gasteiger partial charge in [-0.2, -0.15) is 0 Å². The van der Waals surface area contributed by atoms with Gasteiger partial charge in [0.2, 0.25) is 0 Å². The summed E-state index contributed by atoms with van der Waals surface area (Å²) in [5.74, 6) is 0.930. The Morgan fingerprint density at radius 2 is 2.15 bits per heavy atom. The van der Waals surface area contributed by atoms with Crippen molar-refractivity contribution in [2.75, 3.05) is 24.5 Å². The zero-order valence-corrected chi connectivity index (χ0v) is 12.8. The van der Waals surface area contributed by atoms with E-state index in [1.54, 1.807) is 6.20 Å². The lowest BCUT2D eigenvalue weighted by Crippen LogP contribution is -2.26. The van der Waals surface area contributed by atoms with Gasteiger partial charge in [0.1, 0.15) is 5.82 Å². The lowest BCUT2D eigenvalue weighted by atomic mass is 9.85. The van der Waals surface area contributed by atoms with Crippen LogP contribution >= 0.6 is 0 Å². The number of aromatic nitrogens is 1. The number of nitrogens with one attached hydrogen (secondary N) is 1. The van der Waals surface area contributed by atoms with E-state index >= 15 is 0 Å². The summed E-state index contributed by atoms with van der Waals surface area (Å²) in [6.07, 6.45) is 5.33. The number of amides is 1. The van der Waals surface area contributed by atoms with E-state index in [9.17, 15) is 4.79 Å². The highest BCUT2D eigenvalue weighted by Crippen LogP contribution is 2.31. The van der Waals surface area contributed by atoms with Crippen LogP contribution in [0.5, 0.6) is 0 Å². The predicted octanol–water partition coefficient (Wildman–Crippen LogP) is 2.85. The van der Waals surface area contributed by atoms with Gasteiger partial charge in [-0.15, -0.1) is 0 Å². The highest BCUT2D eigenvalue weighted by atomic mass is 16.1. The van der Waals surface area contributed by atoms with E-state index in [0.29, 0.717) is 17.5 Å². The number of pyridine rings is 1. The third kappa shape index (κ3) is 3.71. The number of rotatable bonds is 3. The van der Waals surface area contributed by atoms with Crippen molar-refractivity contribution in [3.05, 3.63) is 23.9 Å². The van der Waals surface area contributed by atoms with Crippen LogP contribution in [0.1, 0.15) is 50.4 Å². The van der Waals surface area contributed by atoms with Crippen LogP contribution in [0.3, 0.4) is 0 Å². The smallest absolute Gasteiger partial charge is 0.252 e. The van der Waals surface area contributed by atoms with Crippen LogP contribution in [0.15, 0.2) is 18.3 Å². The molecule has 0 spiro atoms. The van der Waals surface area contributed by atoms with E-state index in [4.69, 9.17) is 0 Å². The zero-order valence-electron chi connectivity index (χ0n) is 12.8. The van der Waals surface area contributed by atoms with E-state index < -0.39 is 0 Å². The molecular formula is C16H25N3O. The van der Waals surface area contributed by atoms with Gasteiger partial charge < -0.3 is 10.2 Å². The molecule has 1 aliphatic heterocycles. The van der Waals surface area contributed by atoms with Gasteiger partial charge in [0.25, 0.3) is 5.91 Å². The topological polar surface area (TPSA) is 45.2 Å². The molecule has 0 saturated carbocycles. The molecule has 0 aromatic carbocycles. The van der Waals surface area contributed by atoms with Gasteiger partial charge in [0.15, 0.2) is 0 Å². The van der Waals surface area contributed by atoms with Crippen LogP contribution < -0.4 is 10.2 Å². The second kappa shape index (κ2) is 6.25. The first-order valence-corrected chi connectivity index (χ1v) is 7.51. The minimum atomic E-state index is -0.0523. The Balaban J connectivity index is 2.04. The fourth-order valence-electron chi connectivity index (χ4n) is 2.62. The molecular weight excluding hydrogens is 250 g/mol. The highest BCUT2D eigenvalue weighted by molar-refractivity contribution is 5.93. The number of carbonyl (C=O) groups excluding carboxylic acids is 1. The minimum Gasteiger partial charge on any atom is -0.357 e. The predicted molar refractivity (Wildman–Crippen MR) is 82.1 cm³/mol. The summed E-state index contributed by atoms with van der Waals surface area (Å²) in [5.41, 5.74) is 1.06. The van der Waals surface area contributed by atoms with Gasteiger partial charge in [-0.05, 0) is 43.7 Å². The van der Waals surface area contributed by atoms with Gasteiger partial charge in [-0.25, -0.2) is 4.98 Å². The molecule has 2 rings (SSSR count). The third-order valence-electron chi connectivity index (χ3n) is 4.01. The summed E-state index contributed by atoms with van der Waals surface area (Å²) in [4.78, 5) is 18.5. The molecule has 0 aliphatic carbocycles. The molecule has 0 radical (unpaired) electrons. The van der Waals surface area contributed by atoms with Crippen LogP contribution in [-0.2, 0) is 0 Å². The van der Waals surface area contributed by atoms with Crippen LogP contribution in [0.25, 0.3) is 0 Å². The van der Waals surface area contributed by atoms with E-state index in [1.807, 2.05) is 19.1 Å². The molecule has 1 saturated heterocycles. The minimum absolute atomic E-state index is 0.0523. The van der Waals surface area contributed by atoms with Crippen molar-refractivity contribution in [3.8, 4) is 0 Å². The summed E-state index contributed by atoms with van der Waals surface area (Å²) < 4.78 is 0. The Morgan fingerprint density at radius 1 is 1.35 bits per heavy atom. The molecule has 20 heavy (non-hydrogen) atoms. The summed E-state index contributed by atoms with van der Waals surface area (Å²) >= 11 is 0. The molecule has 1 aromatic rings. The standard InChI is InChI=1S/C16H25N3O/c1-4-17-15(20)13-6-7-14(18-12-13)19-10-5-8-16(2,3)9-11-19/h6-7,12H,4-5,8-11H2,1-3H3,(H,17,20). The van der Waals surface area contributed by atoms with Crippen LogP contribution in [0, 0.1) is 5.41 Å². The first kappa shape index (κ1) is 14.8. The molecule has 1 fully saturated rings. The molecule has 1 aliphatic rings. The van der Waals surface area contributed by atoms with E-state index in [0.717, 1.165) is 18.9 Å². The zero-order chi connectivity index (χ0) is 14.6. The Kier molecular flexibility index (Phi) is 4.63. The monoisotopic (exact) mass is 275 g/mol. The molecule has 0 atom stereocenters. The normalized spacial score (nSPS) is 18.4. The number of anilines is 1. The molecule has 0 bridgehead atoms. The maximum Gasteiger partial charge on any atom is 0.252 e. The fraction of sp³-hybridized carbons (Fsp3) is 0.625. The molecule has 4 nitrogen and oxygen atoms in total. The lowest BCUT2D eigenvalue weighted by Gasteiger charge is -2.24. The Morgan fingerprint density at radius 3 is 2.80 bits per heavy atom. The fourth-order valence-corrected chi connectivity index (χ4v) is 2.62. The molecule has 1 N–H and O–H groups in total. The van der Waals surface area contributed by atoms with Crippen molar-refractivity contribution in [1.82, 2.24) is 10.3 Å². The maximum atomic E-state index is 11.7. The number of nitrogens with zero attached hydrogens (tertiary/aromatic N) is 2.